The van der Waals surface area contributed by atoms with E-state index >= 15 is 0 Å². The molecule has 2 N–H and O–H groups in total. The highest BCUT2D eigenvalue weighted by Gasteiger charge is 2.19. The predicted molar refractivity (Wildman–Crippen MR) is 59.8 cm³/mol. The molecule has 4 heteroatoms. The van der Waals surface area contributed by atoms with Gasteiger partial charge in [-0.1, -0.05) is 12.1 Å². The summed E-state index contributed by atoms with van der Waals surface area (Å²) in [5.74, 6) is -0.267. The SMILES string of the molecule is Cc1cccc(C(=O)NCC2CNC2)c1F. The number of rotatable bonds is 3. The second-order valence-corrected chi connectivity index (χ2v) is 4.17. The van der Waals surface area contributed by atoms with E-state index in [0.717, 1.165) is 13.1 Å². The molecule has 16 heavy (non-hydrogen) atoms. The molecule has 1 aromatic rings. The first-order chi connectivity index (χ1) is 7.68. The monoisotopic (exact) mass is 222 g/mol. The molecule has 1 amide bonds. The van der Waals surface area contributed by atoms with Crippen molar-refractivity contribution in [2.24, 2.45) is 5.92 Å². The third-order valence-corrected chi connectivity index (χ3v) is 2.85. The second-order valence-electron chi connectivity index (χ2n) is 4.17. The molecule has 0 unspecified atom stereocenters. The minimum atomic E-state index is -0.424. The molecule has 2 rings (SSSR count). The normalized spacial score (nSPS) is 15.6. The lowest BCUT2D eigenvalue weighted by atomic mass is 10.0. The predicted octanol–water partition coefficient (Wildman–Crippen LogP) is 1.08. The summed E-state index contributed by atoms with van der Waals surface area (Å²) in [4.78, 5) is 11.7. The van der Waals surface area contributed by atoms with Crippen LogP contribution in [0.5, 0.6) is 0 Å². The number of hydrogen-bond donors (Lipinski definition) is 2. The highest BCUT2D eigenvalue weighted by atomic mass is 19.1. The van der Waals surface area contributed by atoms with Crippen molar-refractivity contribution in [3.05, 3.63) is 35.1 Å². The Balaban J connectivity index is 1.99. The molecule has 3 nitrogen and oxygen atoms in total. The smallest absolute Gasteiger partial charge is 0.254 e. The van der Waals surface area contributed by atoms with Crippen molar-refractivity contribution in [1.82, 2.24) is 10.6 Å². The largest absolute Gasteiger partial charge is 0.352 e. The van der Waals surface area contributed by atoms with Gasteiger partial charge in [-0.2, -0.15) is 0 Å². The molecule has 1 aromatic carbocycles. The van der Waals surface area contributed by atoms with Gasteiger partial charge in [-0.05, 0) is 18.6 Å². The highest BCUT2D eigenvalue weighted by Crippen LogP contribution is 2.11. The van der Waals surface area contributed by atoms with E-state index in [1.54, 1.807) is 19.1 Å². The van der Waals surface area contributed by atoms with Gasteiger partial charge in [0, 0.05) is 25.6 Å². The van der Waals surface area contributed by atoms with E-state index in [-0.39, 0.29) is 11.5 Å². The fraction of sp³-hybridized carbons (Fsp3) is 0.417. The summed E-state index contributed by atoms with van der Waals surface area (Å²) in [5, 5.41) is 5.87. The van der Waals surface area contributed by atoms with Crippen molar-refractivity contribution in [1.29, 1.82) is 0 Å². The van der Waals surface area contributed by atoms with Crippen molar-refractivity contribution in [3.63, 3.8) is 0 Å². The van der Waals surface area contributed by atoms with Gasteiger partial charge in [0.15, 0.2) is 0 Å². The van der Waals surface area contributed by atoms with Crippen molar-refractivity contribution in [2.45, 2.75) is 6.92 Å². The first kappa shape index (κ1) is 11.1. The third-order valence-electron chi connectivity index (χ3n) is 2.85. The summed E-state index contributed by atoms with van der Waals surface area (Å²) >= 11 is 0. The Morgan fingerprint density at radius 1 is 1.56 bits per heavy atom. The lowest BCUT2D eigenvalue weighted by molar-refractivity contribution is 0.0938. The summed E-state index contributed by atoms with van der Waals surface area (Å²) in [6.45, 7) is 4.12. The van der Waals surface area contributed by atoms with Gasteiger partial charge >= 0.3 is 0 Å². The molecule has 86 valence electrons. The quantitative estimate of drug-likeness (QED) is 0.803. The second kappa shape index (κ2) is 4.61. The molecular weight excluding hydrogens is 207 g/mol. The Labute approximate surface area is 94.0 Å². The standard InChI is InChI=1S/C12H15FN2O/c1-8-3-2-4-10(11(8)13)12(16)15-7-9-5-14-6-9/h2-4,9,14H,5-7H2,1H3,(H,15,16). The van der Waals surface area contributed by atoms with Crippen LogP contribution in [-0.4, -0.2) is 25.5 Å². The molecule has 0 aliphatic carbocycles. The van der Waals surface area contributed by atoms with E-state index in [1.807, 2.05) is 0 Å². The molecule has 0 radical (unpaired) electrons. The van der Waals surface area contributed by atoms with E-state index in [4.69, 9.17) is 0 Å². The summed E-state index contributed by atoms with van der Waals surface area (Å²) in [5.41, 5.74) is 0.630. The Bertz CT molecular complexity index is 402. The molecule has 1 heterocycles. The number of aryl methyl sites for hydroxylation is 1. The summed E-state index contributed by atoms with van der Waals surface area (Å²) in [7, 11) is 0. The zero-order valence-corrected chi connectivity index (χ0v) is 9.22. The van der Waals surface area contributed by atoms with Gasteiger partial charge in [0.05, 0.1) is 5.56 Å². The van der Waals surface area contributed by atoms with Crippen molar-refractivity contribution in [3.8, 4) is 0 Å². The highest BCUT2D eigenvalue weighted by molar-refractivity contribution is 5.94. The van der Waals surface area contributed by atoms with E-state index < -0.39 is 5.82 Å². The van der Waals surface area contributed by atoms with Gasteiger partial charge in [0.2, 0.25) is 0 Å². The molecule has 1 aliphatic rings. The van der Waals surface area contributed by atoms with Gasteiger partial charge < -0.3 is 10.6 Å². The van der Waals surface area contributed by atoms with Crippen LogP contribution in [0.2, 0.25) is 0 Å². The molecule has 0 saturated carbocycles. The number of nitrogens with one attached hydrogen (secondary N) is 2. The van der Waals surface area contributed by atoms with E-state index in [1.165, 1.54) is 6.07 Å². The summed E-state index contributed by atoms with van der Waals surface area (Å²) < 4.78 is 13.6. The Kier molecular flexibility index (Phi) is 3.19. The van der Waals surface area contributed by atoms with Crippen molar-refractivity contribution >= 4 is 5.91 Å². The molecule has 1 saturated heterocycles. The van der Waals surface area contributed by atoms with Gasteiger partial charge in [0.1, 0.15) is 5.82 Å². The van der Waals surface area contributed by atoms with Crippen molar-refractivity contribution in [2.75, 3.05) is 19.6 Å². The number of hydrogen-bond acceptors (Lipinski definition) is 2. The molecule has 0 spiro atoms. The fourth-order valence-electron chi connectivity index (χ4n) is 1.65. The van der Waals surface area contributed by atoms with Crippen LogP contribution in [0.25, 0.3) is 0 Å². The molecule has 1 fully saturated rings. The zero-order valence-electron chi connectivity index (χ0n) is 9.22. The molecular formula is C12H15FN2O. The number of amides is 1. The number of carbonyl (C=O) groups excluding carboxylic acids is 1. The number of benzene rings is 1. The minimum absolute atomic E-state index is 0.132. The summed E-state index contributed by atoms with van der Waals surface area (Å²) in [6.07, 6.45) is 0. The minimum Gasteiger partial charge on any atom is -0.352 e. The first-order valence-electron chi connectivity index (χ1n) is 5.42. The average Bonchev–Trinajstić information content (AvgIpc) is 2.19. The van der Waals surface area contributed by atoms with Crippen LogP contribution in [-0.2, 0) is 0 Å². The summed E-state index contributed by atoms with van der Waals surface area (Å²) in [6, 6.07) is 4.86. The maximum Gasteiger partial charge on any atom is 0.254 e. The van der Waals surface area contributed by atoms with Gasteiger partial charge in [-0.15, -0.1) is 0 Å². The van der Waals surface area contributed by atoms with E-state index in [9.17, 15) is 9.18 Å². The van der Waals surface area contributed by atoms with E-state index in [2.05, 4.69) is 10.6 Å². The average molecular weight is 222 g/mol. The molecule has 1 aliphatic heterocycles. The Hall–Kier alpha value is -1.42. The van der Waals surface area contributed by atoms with Gasteiger partial charge in [0.25, 0.3) is 5.91 Å². The Morgan fingerprint density at radius 2 is 2.31 bits per heavy atom. The van der Waals surface area contributed by atoms with Crippen LogP contribution in [0, 0.1) is 18.7 Å². The van der Waals surface area contributed by atoms with Crippen LogP contribution in [0.1, 0.15) is 15.9 Å². The third kappa shape index (κ3) is 2.22. The van der Waals surface area contributed by atoms with Crippen LogP contribution in [0.15, 0.2) is 18.2 Å². The van der Waals surface area contributed by atoms with Crippen molar-refractivity contribution < 1.29 is 9.18 Å². The van der Waals surface area contributed by atoms with Crippen LogP contribution < -0.4 is 10.6 Å². The van der Waals surface area contributed by atoms with Gasteiger partial charge in [-0.3, -0.25) is 4.79 Å². The zero-order chi connectivity index (χ0) is 11.5. The fourth-order valence-corrected chi connectivity index (χ4v) is 1.65. The maximum atomic E-state index is 13.6. The van der Waals surface area contributed by atoms with Crippen LogP contribution >= 0.6 is 0 Å². The van der Waals surface area contributed by atoms with Gasteiger partial charge in [-0.25, -0.2) is 4.39 Å². The molecule has 0 bridgehead atoms. The number of carbonyl (C=O) groups is 1. The molecule has 0 atom stereocenters. The lowest BCUT2D eigenvalue weighted by Gasteiger charge is -2.27. The first-order valence-corrected chi connectivity index (χ1v) is 5.42. The lowest BCUT2D eigenvalue weighted by Crippen LogP contribution is -2.48. The van der Waals surface area contributed by atoms with Crippen LogP contribution in [0.4, 0.5) is 4.39 Å². The topological polar surface area (TPSA) is 41.1 Å². The molecule has 0 aromatic heterocycles. The maximum absolute atomic E-state index is 13.6. The van der Waals surface area contributed by atoms with E-state index in [0.29, 0.717) is 18.0 Å². The number of halogens is 1. The van der Waals surface area contributed by atoms with Crippen LogP contribution in [0.3, 0.4) is 0 Å². The Morgan fingerprint density at radius 3 is 2.94 bits per heavy atom.